The lowest BCUT2D eigenvalue weighted by atomic mass is 10.0. The van der Waals surface area contributed by atoms with Crippen molar-refractivity contribution < 1.29 is 14.0 Å². The average molecular weight is 349 g/mol. The lowest BCUT2D eigenvalue weighted by Gasteiger charge is -2.34. The van der Waals surface area contributed by atoms with Crippen LogP contribution in [0.1, 0.15) is 32.8 Å². The second-order valence-electron chi connectivity index (χ2n) is 7.01. The molecule has 1 saturated heterocycles. The summed E-state index contributed by atoms with van der Waals surface area (Å²) in [6, 6.07) is 6.84. The zero-order valence-electron chi connectivity index (χ0n) is 15.3. The predicted molar refractivity (Wildman–Crippen MR) is 95.3 cm³/mol. The molecule has 1 unspecified atom stereocenters. The van der Waals surface area contributed by atoms with E-state index in [4.69, 9.17) is 0 Å². The second-order valence-corrected chi connectivity index (χ2v) is 7.01. The number of rotatable bonds is 5. The van der Waals surface area contributed by atoms with E-state index >= 15 is 0 Å². The molecule has 0 saturated carbocycles. The van der Waals surface area contributed by atoms with Crippen LogP contribution in [0.15, 0.2) is 24.3 Å². The lowest BCUT2D eigenvalue weighted by molar-refractivity contribution is -0.132. The highest BCUT2D eigenvalue weighted by molar-refractivity contribution is 5.83. The summed E-state index contributed by atoms with van der Waals surface area (Å²) in [5, 5.41) is 2.58. The summed E-state index contributed by atoms with van der Waals surface area (Å²) >= 11 is 0. The Hall–Kier alpha value is -1.95. The molecule has 2 rings (SSSR count). The fraction of sp³-hybridized carbons (Fsp3) is 0.579. The van der Waals surface area contributed by atoms with Gasteiger partial charge in [-0.05, 0) is 30.0 Å². The third-order valence-corrected chi connectivity index (χ3v) is 4.66. The minimum absolute atomic E-state index is 0.0375. The predicted octanol–water partition coefficient (Wildman–Crippen LogP) is 2.02. The summed E-state index contributed by atoms with van der Waals surface area (Å²) in [6.07, 6.45) is 0.885. The fourth-order valence-corrected chi connectivity index (χ4v) is 3.25. The molecule has 25 heavy (non-hydrogen) atoms. The van der Waals surface area contributed by atoms with E-state index < -0.39 is 0 Å². The van der Waals surface area contributed by atoms with Gasteiger partial charge in [-0.3, -0.25) is 14.5 Å². The third-order valence-electron chi connectivity index (χ3n) is 4.66. The van der Waals surface area contributed by atoms with Crippen molar-refractivity contribution in [3.8, 4) is 0 Å². The summed E-state index contributed by atoms with van der Waals surface area (Å²) < 4.78 is 13.1. The number of nitrogens with one attached hydrogen (secondary N) is 1. The summed E-state index contributed by atoms with van der Waals surface area (Å²) in [4.78, 5) is 27.6. The van der Waals surface area contributed by atoms with Gasteiger partial charge < -0.3 is 10.2 Å². The normalized spacial score (nSPS) is 18.9. The highest BCUT2D eigenvalue weighted by atomic mass is 19.1. The second kappa shape index (κ2) is 8.94. The van der Waals surface area contributed by atoms with Gasteiger partial charge in [0.2, 0.25) is 11.8 Å². The Balaban J connectivity index is 2.05. The van der Waals surface area contributed by atoms with Gasteiger partial charge in [0.15, 0.2) is 0 Å². The number of nitrogens with zero attached hydrogens (tertiary/aromatic N) is 2. The Bertz CT molecular complexity index is 589. The van der Waals surface area contributed by atoms with Gasteiger partial charge in [0, 0.05) is 39.1 Å². The topological polar surface area (TPSA) is 52.7 Å². The zero-order valence-corrected chi connectivity index (χ0v) is 15.3. The van der Waals surface area contributed by atoms with Crippen LogP contribution in [0.5, 0.6) is 0 Å². The monoisotopic (exact) mass is 349 g/mol. The van der Waals surface area contributed by atoms with Crippen molar-refractivity contribution in [1.82, 2.24) is 15.1 Å². The SMILES string of the molecule is CC(=O)NCC(=O)N1CCCN(Cc2ccc(F)cc2)C(C(C)C)C1. The van der Waals surface area contributed by atoms with E-state index in [2.05, 4.69) is 24.1 Å². The summed E-state index contributed by atoms with van der Waals surface area (Å²) in [7, 11) is 0. The molecule has 1 N–H and O–H groups in total. The van der Waals surface area contributed by atoms with Crippen LogP contribution in [-0.2, 0) is 16.1 Å². The number of carbonyl (C=O) groups is 2. The van der Waals surface area contributed by atoms with Crippen molar-refractivity contribution >= 4 is 11.8 Å². The molecule has 0 bridgehead atoms. The molecule has 138 valence electrons. The Morgan fingerprint density at radius 1 is 1.24 bits per heavy atom. The molecule has 2 amide bonds. The number of halogens is 1. The van der Waals surface area contributed by atoms with Crippen molar-refractivity contribution in [3.63, 3.8) is 0 Å². The minimum Gasteiger partial charge on any atom is -0.347 e. The molecular weight excluding hydrogens is 321 g/mol. The van der Waals surface area contributed by atoms with Gasteiger partial charge in [-0.2, -0.15) is 0 Å². The van der Waals surface area contributed by atoms with Crippen molar-refractivity contribution in [2.75, 3.05) is 26.2 Å². The molecule has 0 aromatic heterocycles. The molecule has 1 atom stereocenters. The Morgan fingerprint density at radius 2 is 1.92 bits per heavy atom. The first kappa shape index (κ1) is 19.4. The Morgan fingerprint density at radius 3 is 2.52 bits per heavy atom. The maximum atomic E-state index is 13.1. The van der Waals surface area contributed by atoms with Crippen LogP contribution in [0.3, 0.4) is 0 Å². The summed E-state index contributed by atoms with van der Waals surface area (Å²) in [6.45, 7) is 8.77. The molecule has 6 heteroatoms. The Labute approximate surface area is 149 Å². The molecule has 1 heterocycles. The quantitative estimate of drug-likeness (QED) is 0.885. The summed E-state index contributed by atoms with van der Waals surface area (Å²) in [5.41, 5.74) is 1.07. The van der Waals surface area contributed by atoms with Crippen LogP contribution in [0, 0.1) is 11.7 Å². The van der Waals surface area contributed by atoms with Crippen LogP contribution in [0.2, 0.25) is 0 Å². The van der Waals surface area contributed by atoms with Gasteiger partial charge in [0.25, 0.3) is 0 Å². The lowest BCUT2D eigenvalue weighted by Crippen LogP contribution is -2.47. The van der Waals surface area contributed by atoms with Crippen LogP contribution in [0.25, 0.3) is 0 Å². The molecule has 1 aliphatic rings. The number of hydrogen-bond acceptors (Lipinski definition) is 3. The van der Waals surface area contributed by atoms with Crippen molar-refractivity contribution in [1.29, 1.82) is 0 Å². The largest absolute Gasteiger partial charge is 0.347 e. The first-order valence-electron chi connectivity index (χ1n) is 8.87. The van der Waals surface area contributed by atoms with Gasteiger partial charge in [0.1, 0.15) is 5.82 Å². The maximum absolute atomic E-state index is 13.1. The zero-order chi connectivity index (χ0) is 18.4. The molecule has 1 fully saturated rings. The van der Waals surface area contributed by atoms with Gasteiger partial charge in [0.05, 0.1) is 6.54 Å². The summed E-state index contributed by atoms with van der Waals surface area (Å²) in [5.74, 6) is -0.0737. The van der Waals surface area contributed by atoms with E-state index in [-0.39, 0.29) is 30.2 Å². The molecule has 0 spiro atoms. The highest BCUT2D eigenvalue weighted by Crippen LogP contribution is 2.20. The number of amides is 2. The first-order chi connectivity index (χ1) is 11.9. The molecular formula is C19H28FN3O2. The van der Waals surface area contributed by atoms with Crippen LogP contribution in [-0.4, -0.2) is 53.8 Å². The molecule has 1 aromatic rings. The minimum atomic E-state index is -0.227. The molecule has 0 radical (unpaired) electrons. The average Bonchev–Trinajstić information content (AvgIpc) is 2.77. The van der Waals surface area contributed by atoms with E-state index in [1.54, 1.807) is 0 Å². The van der Waals surface area contributed by atoms with Gasteiger partial charge in [-0.15, -0.1) is 0 Å². The van der Waals surface area contributed by atoms with E-state index in [0.29, 0.717) is 19.0 Å². The van der Waals surface area contributed by atoms with E-state index in [9.17, 15) is 14.0 Å². The number of carbonyl (C=O) groups excluding carboxylic acids is 2. The van der Waals surface area contributed by atoms with Gasteiger partial charge in [-0.25, -0.2) is 4.39 Å². The highest BCUT2D eigenvalue weighted by Gasteiger charge is 2.29. The first-order valence-corrected chi connectivity index (χ1v) is 8.87. The van der Waals surface area contributed by atoms with Crippen molar-refractivity contribution in [2.24, 2.45) is 5.92 Å². The molecule has 1 aliphatic heterocycles. The van der Waals surface area contributed by atoms with E-state index in [1.807, 2.05) is 17.0 Å². The Kier molecular flexibility index (Phi) is 6.93. The third kappa shape index (κ3) is 5.81. The standard InChI is InChI=1S/C19H28FN3O2/c1-14(2)18-13-23(19(25)11-21-15(3)24)10-4-9-22(18)12-16-5-7-17(20)8-6-16/h5-8,14,18H,4,9-13H2,1-3H3,(H,21,24). The molecule has 0 aliphatic carbocycles. The van der Waals surface area contributed by atoms with Crippen LogP contribution in [0.4, 0.5) is 4.39 Å². The van der Waals surface area contributed by atoms with Crippen molar-refractivity contribution in [3.05, 3.63) is 35.6 Å². The number of hydrogen-bond donors (Lipinski definition) is 1. The van der Waals surface area contributed by atoms with E-state index in [1.165, 1.54) is 19.1 Å². The van der Waals surface area contributed by atoms with Gasteiger partial charge >= 0.3 is 0 Å². The van der Waals surface area contributed by atoms with Crippen molar-refractivity contribution in [2.45, 2.75) is 39.8 Å². The van der Waals surface area contributed by atoms with Crippen LogP contribution >= 0.6 is 0 Å². The molecule has 5 nitrogen and oxygen atoms in total. The smallest absolute Gasteiger partial charge is 0.242 e. The van der Waals surface area contributed by atoms with E-state index in [0.717, 1.165) is 25.1 Å². The molecule has 1 aromatic carbocycles. The number of benzene rings is 1. The maximum Gasteiger partial charge on any atom is 0.242 e. The fourth-order valence-electron chi connectivity index (χ4n) is 3.25. The van der Waals surface area contributed by atoms with Crippen LogP contribution < -0.4 is 5.32 Å². The van der Waals surface area contributed by atoms with Gasteiger partial charge in [-0.1, -0.05) is 26.0 Å².